The molecule has 8 nitrogen and oxygen atoms in total. The number of aromatic nitrogens is 4. The molecule has 3 heterocycles. The molecule has 32 heavy (non-hydrogen) atoms. The number of nitrogens with zero attached hydrogens (tertiary/aromatic N) is 6. The zero-order valence-corrected chi connectivity index (χ0v) is 18.4. The highest BCUT2D eigenvalue weighted by Gasteiger charge is 2.17. The molecule has 11 heteroatoms. The number of nitrogens with two attached hydrogens (primary N) is 2. The van der Waals surface area contributed by atoms with Crippen LogP contribution in [-0.2, 0) is 0 Å². The van der Waals surface area contributed by atoms with Gasteiger partial charge in [-0.2, -0.15) is 15.1 Å². The molecule has 170 valence electrons. The molecule has 1 saturated heterocycles. The molecule has 0 atom stereocenters. The quantitative estimate of drug-likeness (QED) is 0.601. The molecule has 1 fully saturated rings. The number of halogens is 3. The van der Waals surface area contributed by atoms with E-state index < -0.39 is 11.6 Å². The summed E-state index contributed by atoms with van der Waals surface area (Å²) in [6.45, 7) is 5.75. The Morgan fingerprint density at radius 2 is 1.69 bits per heavy atom. The molecule has 1 aliphatic heterocycles. The van der Waals surface area contributed by atoms with Gasteiger partial charge < -0.3 is 16.4 Å². The van der Waals surface area contributed by atoms with Gasteiger partial charge in [-0.15, -0.1) is 12.4 Å². The summed E-state index contributed by atoms with van der Waals surface area (Å²) in [6.07, 6.45) is 5.85. The van der Waals surface area contributed by atoms with Crippen LogP contribution in [0.25, 0.3) is 11.9 Å². The summed E-state index contributed by atoms with van der Waals surface area (Å²) in [5, 5.41) is 4.37. The zero-order chi connectivity index (χ0) is 22.0. The van der Waals surface area contributed by atoms with Crippen molar-refractivity contribution in [2.24, 2.45) is 0 Å². The first-order valence-corrected chi connectivity index (χ1v) is 9.94. The minimum absolute atomic E-state index is 0. The predicted molar refractivity (Wildman–Crippen MR) is 124 cm³/mol. The van der Waals surface area contributed by atoms with Gasteiger partial charge in [0.1, 0.15) is 17.5 Å². The van der Waals surface area contributed by atoms with E-state index in [1.54, 1.807) is 16.9 Å². The molecule has 0 unspecified atom stereocenters. The van der Waals surface area contributed by atoms with Crippen LogP contribution in [0.2, 0.25) is 0 Å². The Labute approximate surface area is 190 Å². The molecule has 0 bridgehead atoms. The Hall–Kier alpha value is -3.24. The van der Waals surface area contributed by atoms with Gasteiger partial charge in [0, 0.05) is 56.1 Å². The number of hydrogen-bond acceptors (Lipinski definition) is 7. The molecule has 0 spiro atoms. The molecule has 1 aliphatic rings. The van der Waals surface area contributed by atoms with Crippen molar-refractivity contribution in [3.8, 4) is 5.82 Å². The molecule has 4 N–H and O–H groups in total. The minimum atomic E-state index is -0.552. The lowest BCUT2D eigenvalue weighted by atomic mass is 10.2. The van der Waals surface area contributed by atoms with Crippen molar-refractivity contribution in [2.45, 2.75) is 6.92 Å². The molecule has 0 amide bonds. The van der Waals surface area contributed by atoms with Gasteiger partial charge in [0.05, 0.1) is 11.9 Å². The van der Waals surface area contributed by atoms with Crippen molar-refractivity contribution >= 4 is 35.9 Å². The standard InChI is InChI=1S/C21H24F2N8.ClH/c1-14-15(13-26-31(14)20-12-19(24)27-21(25)28-20)3-2-4-29-5-7-30(8-6-29)18-10-16(22)9-17(23)11-18;/h2-3,9-13H,4-8H2,1H3,(H4,24,25,27,28);1H/b3-2+;. The fourth-order valence-corrected chi connectivity index (χ4v) is 3.64. The molecule has 3 aromatic rings. The van der Waals surface area contributed by atoms with Crippen LogP contribution in [0.15, 0.2) is 36.5 Å². The van der Waals surface area contributed by atoms with Gasteiger partial charge in [-0.25, -0.2) is 13.5 Å². The van der Waals surface area contributed by atoms with E-state index in [4.69, 9.17) is 11.5 Å². The van der Waals surface area contributed by atoms with E-state index in [-0.39, 0.29) is 24.2 Å². The number of rotatable bonds is 5. The van der Waals surface area contributed by atoms with E-state index in [1.165, 1.54) is 12.1 Å². The number of piperazine rings is 1. The lowest BCUT2D eigenvalue weighted by molar-refractivity contribution is 0.284. The first-order chi connectivity index (χ1) is 14.9. The van der Waals surface area contributed by atoms with Gasteiger partial charge >= 0.3 is 0 Å². The Bertz CT molecular complexity index is 1070. The lowest BCUT2D eigenvalue weighted by Gasteiger charge is -2.35. The fourth-order valence-electron chi connectivity index (χ4n) is 3.64. The van der Waals surface area contributed by atoms with Gasteiger partial charge in [-0.3, -0.25) is 4.90 Å². The SMILES string of the molecule is Cc1c(/C=C/CN2CCN(c3cc(F)cc(F)c3)CC2)cnn1-c1cc(N)nc(N)n1.Cl. The Balaban J connectivity index is 0.00000289. The summed E-state index contributed by atoms with van der Waals surface area (Å²) in [6, 6.07) is 5.26. The van der Waals surface area contributed by atoms with Crippen LogP contribution in [0.1, 0.15) is 11.3 Å². The molecule has 0 saturated carbocycles. The normalized spacial score (nSPS) is 14.7. The van der Waals surface area contributed by atoms with Crippen LogP contribution in [0.3, 0.4) is 0 Å². The molecule has 4 rings (SSSR count). The highest BCUT2D eigenvalue weighted by Crippen LogP contribution is 2.20. The Morgan fingerprint density at radius 1 is 1.00 bits per heavy atom. The average Bonchev–Trinajstić information content (AvgIpc) is 3.07. The summed E-state index contributed by atoms with van der Waals surface area (Å²) in [4.78, 5) is 12.3. The molecular weight excluding hydrogens is 438 g/mol. The van der Waals surface area contributed by atoms with Crippen molar-refractivity contribution in [1.29, 1.82) is 0 Å². The second-order valence-corrected chi connectivity index (χ2v) is 7.42. The number of nitrogen functional groups attached to an aromatic ring is 2. The van der Waals surface area contributed by atoms with E-state index >= 15 is 0 Å². The monoisotopic (exact) mass is 462 g/mol. The third-order valence-corrected chi connectivity index (χ3v) is 5.26. The van der Waals surface area contributed by atoms with Crippen LogP contribution in [0.4, 0.5) is 26.2 Å². The van der Waals surface area contributed by atoms with Crippen LogP contribution in [0.5, 0.6) is 0 Å². The maximum absolute atomic E-state index is 13.5. The third kappa shape index (κ3) is 5.32. The number of benzene rings is 1. The summed E-state index contributed by atoms with van der Waals surface area (Å²) >= 11 is 0. The maximum atomic E-state index is 13.5. The number of anilines is 3. The fraction of sp³-hybridized carbons (Fsp3) is 0.286. The molecule has 1 aromatic carbocycles. The first-order valence-electron chi connectivity index (χ1n) is 9.94. The smallest absolute Gasteiger partial charge is 0.224 e. The van der Waals surface area contributed by atoms with E-state index in [2.05, 4.69) is 26.0 Å². The van der Waals surface area contributed by atoms with Crippen molar-refractivity contribution in [2.75, 3.05) is 49.1 Å². The zero-order valence-electron chi connectivity index (χ0n) is 17.6. The molecule has 0 aliphatic carbocycles. The Kier molecular flexibility index (Phi) is 7.26. The first kappa shape index (κ1) is 23.4. The Morgan fingerprint density at radius 3 is 2.34 bits per heavy atom. The third-order valence-electron chi connectivity index (χ3n) is 5.26. The lowest BCUT2D eigenvalue weighted by Crippen LogP contribution is -2.46. The highest BCUT2D eigenvalue weighted by atomic mass is 35.5. The number of hydrogen-bond donors (Lipinski definition) is 2. The van der Waals surface area contributed by atoms with Gasteiger partial charge in [0.15, 0.2) is 5.82 Å². The second kappa shape index (κ2) is 9.92. The van der Waals surface area contributed by atoms with Crippen LogP contribution in [0, 0.1) is 18.6 Å². The summed E-state index contributed by atoms with van der Waals surface area (Å²) in [5.41, 5.74) is 13.9. The predicted octanol–water partition coefficient (Wildman–Crippen LogP) is 2.67. The van der Waals surface area contributed by atoms with E-state index in [0.717, 1.165) is 37.0 Å². The van der Waals surface area contributed by atoms with Crippen LogP contribution < -0.4 is 16.4 Å². The van der Waals surface area contributed by atoms with Gasteiger partial charge in [-0.05, 0) is 19.1 Å². The van der Waals surface area contributed by atoms with Gasteiger partial charge in [0.25, 0.3) is 0 Å². The second-order valence-electron chi connectivity index (χ2n) is 7.42. The summed E-state index contributed by atoms with van der Waals surface area (Å²) in [7, 11) is 0. The van der Waals surface area contributed by atoms with Crippen LogP contribution in [-0.4, -0.2) is 57.4 Å². The minimum Gasteiger partial charge on any atom is -0.383 e. The van der Waals surface area contributed by atoms with E-state index in [0.29, 0.717) is 24.6 Å². The summed E-state index contributed by atoms with van der Waals surface area (Å²) in [5.74, 6) is -0.198. The van der Waals surface area contributed by atoms with Crippen molar-refractivity contribution < 1.29 is 8.78 Å². The van der Waals surface area contributed by atoms with Crippen molar-refractivity contribution in [3.63, 3.8) is 0 Å². The van der Waals surface area contributed by atoms with Crippen LogP contribution >= 0.6 is 12.4 Å². The van der Waals surface area contributed by atoms with Gasteiger partial charge in [-0.1, -0.05) is 12.2 Å². The van der Waals surface area contributed by atoms with E-state index in [9.17, 15) is 8.78 Å². The van der Waals surface area contributed by atoms with Crippen molar-refractivity contribution in [3.05, 3.63) is 59.4 Å². The maximum Gasteiger partial charge on any atom is 0.224 e. The van der Waals surface area contributed by atoms with E-state index in [1.807, 2.05) is 17.9 Å². The molecule has 0 radical (unpaired) electrons. The molecular formula is C21H25ClF2N8. The van der Waals surface area contributed by atoms with Gasteiger partial charge in [0.2, 0.25) is 5.95 Å². The molecule has 2 aromatic heterocycles. The summed E-state index contributed by atoms with van der Waals surface area (Å²) < 4.78 is 28.6. The van der Waals surface area contributed by atoms with Crippen molar-refractivity contribution in [1.82, 2.24) is 24.6 Å². The average molecular weight is 463 g/mol. The largest absolute Gasteiger partial charge is 0.383 e. The topological polar surface area (TPSA) is 102 Å². The highest BCUT2D eigenvalue weighted by molar-refractivity contribution is 5.85.